The summed E-state index contributed by atoms with van der Waals surface area (Å²) in [5.74, 6) is -1.14. The molecule has 0 radical (unpaired) electrons. The number of piperidine rings is 3. The van der Waals surface area contributed by atoms with E-state index in [2.05, 4.69) is 53.1 Å². The number of imidazole rings is 1. The number of piperazine rings is 1. The fourth-order valence-electron chi connectivity index (χ4n) is 10.6. The van der Waals surface area contributed by atoms with E-state index >= 15 is 0 Å². The molecular formula is C47H51N9O5. The van der Waals surface area contributed by atoms with Gasteiger partial charge in [0.1, 0.15) is 6.04 Å². The van der Waals surface area contributed by atoms with Crippen LogP contribution in [0.1, 0.15) is 82.2 Å². The van der Waals surface area contributed by atoms with Gasteiger partial charge in [-0.1, -0.05) is 36.4 Å². The molecule has 0 aliphatic carbocycles. The molecule has 4 saturated heterocycles. The van der Waals surface area contributed by atoms with Gasteiger partial charge in [-0.2, -0.15) is 0 Å². The van der Waals surface area contributed by atoms with Crippen LogP contribution in [-0.2, 0) is 9.59 Å². The largest absolute Gasteiger partial charge is 0.371 e. The van der Waals surface area contributed by atoms with Crippen molar-refractivity contribution in [3.05, 3.63) is 89.1 Å². The second-order valence-electron chi connectivity index (χ2n) is 17.2. The third kappa shape index (κ3) is 7.01. The fraction of sp³-hybridized carbons (Fsp3) is 0.404. The molecule has 314 valence electrons. The number of Topliss-reactive ketones (excluding diaryl/α,β-unsaturated/α-hetero) is 1. The Bertz CT molecular complexity index is 2560. The van der Waals surface area contributed by atoms with Crippen LogP contribution in [0, 0.1) is 6.92 Å². The monoisotopic (exact) mass is 821 g/mol. The van der Waals surface area contributed by atoms with Gasteiger partial charge in [0.25, 0.3) is 11.8 Å². The summed E-state index contributed by atoms with van der Waals surface area (Å²) in [4.78, 5) is 87.3. The molecule has 4 amide bonds. The lowest BCUT2D eigenvalue weighted by Crippen LogP contribution is -2.55. The van der Waals surface area contributed by atoms with Gasteiger partial charge in [-0.15, -0.1) is 0 Å². The van der Waals surface area contributed by atoms with Crippen LogP contribution in [0.15, 0.2) is 66.7 Å². The quantitative estimate of drug-likeness (QED) is 0.137. The van der Waals surface area contributed by atoms with Gasteiger partial charge < -0.3 is 24.7 Å². The number of imide groups is 2. The van der Waals surface area contributed by atoms with Crippen LogP contribution >= 0.6 is 0 Å². The summed E-state index contributed by atoms with van der Waals surface area (Å²) in [6.07, 6.45) is 4.50. The molecule has 3 aromatic carbocycles. The number of hydrogen-bond donors (Lipinski definition) is 3. The van der Waals surface area contributed by atoms with E-state index in [9.17, 15) is 24.0 Å². The van der Waals surface area contributed by atoms with Crippen LogP contribution < -0.4 is 15.1 Å². The van der Waals surface area contributed by atoms with E-state index in [4.69, 9.17) is 4.98 Å². The highest BCUT2D eigenvalue weighted by atomic mass is 16.2. The number of aromatic amines is 2. The van der Waals surface area contributed by atoms with Crippen LogP contribution in [-0.4, -0.2) is 130 Å². The molecule has 1 atom stereocenters. The molecule has 7 heterocycles. The summed E-state index contributed by atoms with van der Waals surface area (Å²) < 4.78 is 0. The third-order valence-electron chi connectivity index (χ3n) is 13.8. The molecule has 0 spiro atoms. The summed E-state index contributed by atoms with van der Waals surface area (Å²) in [5.41, 5.74) is 8.71. The molecule has 2 aromatic heterocycles. The zero-order valence-electron chi connectivity index (χ0n) is 34.7. The Labute approximate surface area is 354 Å². The third-order valence-corrected chi connectivity index (χ3v) is 13.8. The summed E-state index contributed by atoms with van der Waals surface area (Å²) in [7, 11) is 0. The highest BCUT2D eigenvalue weighted by Gasteiger charge is 2.46. The number of hydrogen-bond acceptors (Lipinski definition) is 10. The second-order valence-corrected chi connectivity index (χ2v) is 17.2. The number of benzene rings is 3. The fourth-order valence-corrected chi connectivity index (χ4v) is 10.6. The van der Waals surface area contributed by atoms with Gasteiger partial charge in [0.15, 0.2) is 11.6 Å². The van der Waals surface area contributed by atoms with Gasteiger partial charge in [-0.25, -0.2) is 4.98 Å². The van der Waals surface area contributed by atoms with Crippen molar-refractivity contribution in [1.82, 2.24) is 35.0 Å². The lowest BCUT2D eigenvalue weighted by Gasteiger charge is -2.46. The maximum atomic E-state index is 13.7. The minimum atomic E-state index is -0.970. The predicted molar refractivity (Wildman–Crippen MR) is 233 cm³/mol. The zero-order valence-corrected chi connectivity index (χ0v) is 34.7. The van der Waals surface area contributed by atoms with E-state index in [1.165, 1.54) is 5.69 Å². The molecule has 14 nitrogen and oxygen atoms in total. The average molecular weight is 822 g/mol. The van der Waals surface area contributed by atoms with E-state index < -0.39 is 23.8 Å². The number of carbonyl (C=O) groups excluding carboxylic acids is 5. The Balaban J connectivity index is 0.732. The summed E-state index contributed by atoms with van der Waals surface area (Å²) >= 11 is 0. The number of carbonyl (C=O) groups is 5. The Kier molecular flexibility index (Phi) is 10.1. The number of amides is 4. The molecule has 5 aliphatic rings. The Hall–Kier alpha value is -6.12. The number of likely N-dealkylation sites (tertiary alicyclic amines) is 1. The number of fused-ring (bicyclic) bond motifs is 2. The number of nitrogens with zero attached hydrogens (tertiary/aromatic N) is 6. The first-order chi connectivity index (χ1) is 29.6. The molecule has 14 heteroatoms. The van der Waals surface area contributed by atoms with Crippen molar-refractivity contribution < 1.29 is 24.0 Å². The lowest BCUT2D eigenvalue weighted by molar-refractivity contribution is -0.136. The first-order valence-electron chi connectivity index (χ1n) is 21.7. The minimum absolute atomic E-state index is 0.0239. The molecule has 0 saturated carbocycles. The Morgan fingerprint density at radius 2 is 1.41 bits per heavy atom. The molecule has 61 heavy (non-hydrogen) atoms. The van der Waals surface area contributed by atoms with Crippen molar-refractivity contribution in [2.45, 2.75) is 70.5 Å². The van der Waals surface area contributed by atoms with Crippen molar-refractivity contribution in [1.29, 1.82) is 0 Å². The molecule has 5 aliphatic heterocycles. The highest BCUT2D eigenvalue weighted by molar-refractivity contribution is 6.25. The number of aryl methyl sites for hydroxylation is 1. The normalized spacial score (nSPS) is 21.1. The van der Waals surface area contributed by atoms with Gasteiger partial charge in [-0.05, 0) is 94.9 Å². The average Bonchev–Trinajstić information content (AvgIpc) is 3.95. The van der Waals surface area contributed by atoms with Crippen molar-refractivity contribution in [2.75, 3.05) is 62.2 Å². The molecule has 4 fully saturated rings. The van der Waals surface area contributed by atoms with Crippen LogP contribution in [0.4, 0.5) is 11.4 Å². The Morgan fingerprint density at radius 3 is 2.11 bits per heavy atom. The van der Waals surface area contributed by atoms with Crippen molar-refractivity contribution in [3.8, 4) is 22.6 Å². The van der Waals surface area contributed by atoms with Crippen LogP contribution in [0.2, 0.25) is 0 Å². The zero-order chi connectivity index (χ0) is 41.9. The van der Waals surface area contributed by atoms with Crippen molar-refractivity contribution in [3.63, 3.8) is 0 Å². The second kappa shape index (κ2) is 15.7. The van der Waals surface area contributed by atoms with E-state index in [0.29, 0.717) is 28.8 Å². The number of nitrogens with one attached hydrogen (secondary N) is 3. The molecular weight excluding hydrogens is 771 g/mol. The van der Waals surface area contributed by atoms with Gasteiger partial charge >= 0.3 is 0 Å². The summed E-state index contributed by atoms with van der Waals surface area (Å²) in [5, 5.41) is 2.28. The first kappa shape index (κ1) is 39.0. The van der Waals surface area contributed by atoms with Crippen LogP contribution in [0.25, 0.3) is 33.7 Å². The maximum Gasteiger partial charge on any atom is 0.264 e. The van der Waals surface area contributed by atoms with Gasteiger partial charge in [0.05, 0.1) is 33.5 Å². The first-order valence-corrected chi connectivity index (χ1v) is 21.7. The van der Waals surface area contributed by atoms with Crippen LogP contribution in [0.5, 0.6) is 0 Å². The number of ketones is 1. The summed E-state index contributed by atoms with van der Waals surface area (Å²) in [6, 6.07) is 22.0. The summed E-state index contributed by atoms with van der Waals surface area (Å²) in [6.45, 7) is 11.2. The van der Waals surface area contributed by atoms with Crippen molar-refractivity contribution in [2.24, 2.45) is 0 Å². The standard InChI is InChI=1S/C47H51N9O5/c1-28-40(29(2)57)41(30-7-4-3-5-8-30)43(48-28)44-49-35-12-11-33(27-36(35)50-44)54-25-23-53(24-26-54)32-15-19-52(20-16-32)31-17-21-55(22-18-31)37-10-6-9-34-42(37)47(61)56(46(34)60)38-13-14-39(58)51-45(38)59/h3-12,27,31-32,38,48H,13-26H2,1-2H3,(H,49,50)(H,51,58,59). The van der Waals surface area contributed by atoms with Gasteiger partial charge in [0, 0.05) is 80.3 Å². The molecule has 3 N–H and O–H groups in total. The number of anilines is 2. The number of H-pyrrole nitrogens is 2. The number of aromatic nitrogens is 3. The lowest BCUT2D eigenvalue weighted by atomic mass is 9.95. The number of rotatable bonds is 8. The molecule has 5 aromatic rings. The SMILES string of the molecule is CC(=O)c1c(C)[nH]c(-c2nc3ccc(N4CCN(C5CCN(C6CCN(c7cccc8c7C(=O)N(C7CCC(=O)NC7=O)C8=O)CC6)CC5)CC4)cc3[nH]2)c1-c1ccccc1. The van der Waals surface area contributed by atoms with Crippen LogP contribution in [0.3, 0.4) is 0 Å². The Morgan fingerprint density at radius 1 is 0.705 bits per heavy atom. The smallest absolute Gasteiger partial charge is 0.264 e. The topological polar surface area (TPSA) is 158 Å². The van der Waals surface area contributed by atoms with E-state index in [1.54, 1.807) is 13.0 Å². The van der Waals surface area contributed by atoms with Crippen molar-refractivity contribution >= 4 is 51.8 Å². The molecule has 0 bridgehead atoms. The molecule has 10 rings (SSSR count). The highest BCUT2D eigenvalue weighted by Crippen LogP contribution is 2.38. The van der Waals surface area contributed by atoms with Gasteiger partial charge in [0.2, 0.25) is 11.8 Å². The van der Waals surface area contributed by atoms with E-state index in [-0.39, 0.29) is 24.5 Å². The minimum Gasteiger partial charge on any atom is -0.371 e. The van der Waals surface area contributed by atoms with E-state index in [0.717, 1.165) is 128 Å². The maximum absolute atomic E-state index is 13.7. The van der Waals surface area contributed by atoms with Gasteiger partial charge in [-0.3, -0.25) is 39.1 Å². The van der Waals surface area contributed by atoms with E-state index in [1.807, 2.05) is 49.4 Å². The molecule has 1 unspecified atom stereocenters. The predicted octanol–water partition coefficient (Wildman–Crippen LogP) is 5.39.